The SMILES string of the molecule is COC(=O)C1=CN2CCc3c(n(C)c4ccccc34)C2C[C@H]1C. The topological polar surface area (TPSA) is 34.5 Å². The van der Waals surface area contributed by atoms with Crippen molar-refractivity contribution in [3.63, 3.8) is 0 Å². The van der Waals surface area contributed by atoms with Gasteiger partial charge in [-0.05, 0) is 30.4 Å². The third kappa shape index (κ3) is 2.01. The fourth-order valence-electron chi connectivity index (χ4n) is 4.27. The molecule has 0 saturated heterocycles. The Morgan fingerprint density at radius 3 is 2.87 bits per heavy atom. The minimum atomic E-state index is -0.196. The van der Waals surface area contributed by atoms with E-state index in [1.807, 2.05) is 6.20 Å². The molecule has 4 heteroatoms. The van der Waals surface area contributed by atoms with E-state index in [0.29, 0.717) is 6.04 Å². The maximum absolute atomic E-state index is 12.0. The predicted octanol–water partition coefficient (Wildman–Crippen LogP) is 3.17. The second-order valence-electron chi connectivity index (χ2n) is 6.66. The zero-order chi connectivity index (χ0) is 16.1. The number of hydrogen-bond acceptors (Lipinski definition) is 3. The highest BCUT2D eigenvalue weighted by atomic mass is 16.5. The summed E-state index contributed by atoms with van der Waals surface area (Å²) in [5, 5.41) is 1.38. The molecule has 1 aromatic carbocycles. The number of aromatic nitrogens is 1. The molecule has 0 spiro atoms. The average Bonchev–Trinajstić information content (AvgIpc) is 2.87. The van der Waals surface area contributed by atoms with Crippen molar-refractivity contribution in [2.24, 2.45) is 13.0 Å². The van der Waals surface area contributed by atoms with Gasteiger partial charge in [0.25, 0.3) is 0 Å². The third-order valence-electron chi connectivity index (χ3n) is 5.43. The van der Waals surface area contributed by atoms with Gasteiger partial charge in [-0.15, -0.1) is 0 Å². The van der Waals surface area contributed by atoms with Crippen molar-refractivity contribution in [1.82, 2.24) is 9.47 Å². The van der Waals surface area contributed by atoms with Crippen LogP contribution in [0.15, 0.2) is 36.0 Å². The summed E-state index contributed by atoms with van der Waals surface area (Å²) >= 11 is 0. The van der Waals surface area contributed by atoms with Crippen LogP contribution in [-0.4, -0.2) is 29.1 Å². The highest BCUT2D eigenvalue weighted by Gasteiger charge is 2.37. The average molecular weight is 310 g/mol. The summed E-state index contributed by atoms with van der Waals surface area (Å²) in [6, 6.07) is 8.99. The van der Waals surface area contributed by atoms with E-state index in [0.717, 1.165) is 25.0 Å². The number of ether oxygens (including phenoxy) is 1. The van der Waals surface area contributed by atoms with Crippen molar-refractivity contribution < 1.29 is 9.53 Å². The fourth-order valence-corrected chi connectivity index (χ4v) is 4.27. The van der Waals surface area contributed by atoms with Gasteiger partial charge >= 0.3 is 5.97 Å². The number of carbonyl (C=O) groups is 1. The number of nitrogens with zero attached hydrogens (tertiary/aromatic N) is 2. The maximum Gasteiger partial charge on any atom is 0.335 e. The number of para-hydroxylation sites is 1. The van der Waals surface area contributed by atoms with E-state index in [9.17, 15) is 4.79 Å². The van der Waals surface area contributed by atoms with Crippen LogP contribution < -0.4 is 0 Å². The minimum absolute atomic E-state index is 0.196. The molecule has 3 heterocycles. The zero-order valence-electron chi connectivity index (χ0n) is 13.9. The monoisotopic (exact) mass is 310 g/mol. The van der Waals surface area contributed by atoms with Gasteiger partial charge in [0, 0.05) is 36.4 Å². The third-order valence-corrected chi connectivity index (χ3v) is 5.43. The molecule has 2 aromatic rings. The Balaban J connectivity index is 1.83. The van der Waals surface area contributed by atoms with Crippen LogP contribution in [0.1, 0.15) is 30.6 Å². The second kappa shape index (κ2) is 5.15. The van der Waals surface area contributed by atoms with Crippen LogP contribution >= 0.6 is 0 Å². The molecular weight excluding hydrogens is 288 g/mol. The van der Waals surface area contributed by atoms with Gasteiger partial charge in [0.15, 0.2) is 0 Å². The molecule has 2 aliphatic rings. The standard InChI is InChI=1S/C19H22N2O2/c1-12-10-17-18-14(13-6-4-5-7-16(13)20(18)2)8-9-21(17)11-15(12)19(22)23-3/h4-7,11-12,17H,8-10H2,1-3H3/t12-,17?/m1/s1. The Morgan fingerprint density at radius 1 is 1.30 bits per heavy atom. The first-order valence-corrected chi connectivity index (χ1v) is 8.23. The summed E-state index contributed by atoms with van der Waals surface area (Å²) in [6.45, 7) is 3.08. The number of aryl methyl sites for hydroxylation is 1. The summed E-state index contributed by atoms with van der Waals surface area (Å²) in [5.41, 5.74) is 4.98. The summed E-state index contributed by atoms with van der Waals surface area (Å²) in [5.74, 6) is 0.0199. The van der Waals surface area contributed by atoms with Crippen LogP contribution in [0.5, 0.6) is 0 Å². The smallest absolute Gasteiger partial charge is 0.335 e. The van der Waals surface area contributed by atoms with Crippen LogP contribution in [0, 0.1) is 5.92 Å². The molecule has 1 unspecified atom stereocenters. The van der Waals surface area contributed by atoms with Crippen LogP contribution in [0.2, 0.25) is 0 Å². The molecule has 0 amide bonds. The number of hydrogen-bond donors (Lipinski definition) is 0. The van der Waals surface area contributed by atoms with Crippen molar-refractivity contribution in [3.8, 4) is 0 Å². The Labute approximate surface area is 136 Å². The van der Waals surface area contributed by atoms with E-state index in [2.05, 4.69) is 47.7 Å². The van der Waals surface area contributed by atoms with Gasteiger partial charge in [-0.25, -0.2) is 4.79 Å². The van der Waals surface area contributed by atoms with Crippen LogP contribution in [0.3, 0.4) is 0 Å². The molecule has 2 atom stereocenters. The second-order valence-corrected chi connectivity index (χ2v) is 6.66. The lowest BCUT2D eigenvalue weighted by Crippen LogP contribution is -2.38. The summed E-state index contributed by atoms with van der Waals surface area (Å²) in [7, 11) is 3.62. The van der Waals surface area contributed by atoms with Gasteiger partial charge < -0.3 is 14.2 Å². The number of rotatable bonds is 1. The molecule has 0 fully saturated rings. The number of methoxy groups -OCH3 is 1. The Kier molecular flexibility index (Phi) is 3.22. The van der Waals surface area contributed by atoms with Gasteiger partial charge in [-0.3, -0.25) is 0 Å². The molecular formula is C19H22N2O2. The van der Waals surface area contributed by atoms with Gasteiger partial charge in [0.05, 0.1) is 18.7 Å². The fraction of sp³-hybridized carbons (Fsp3) is 0.421. The molecule has 23 heavy (non-hydrogen) atoms. The molecule has 0 saturated carbocycles. The maximum atomic E-state index is 12.0. The van der Waals surface area contributed by atoms with Crippen LogP contribution in [0.4, 0.5) is 0 Å². The molecule has 0 bridgehead atoms. The van der Waals surface area contributed by atoms with Crippen LogP contribution in [-0.2, 0) is 23.0 Å². The lowest BCUT2D eigenvalue weighted by atomic mass is 9.84. The van der Waals surface area contributed by atoms with Crippen molar-refractivity contribution in [2.75, 3.05) is 13.7 Å². The zero-order valence-corrected chi connectivity index (χ0v) is 13.9. The normalized spacial score (nSPS) is 23.3. The van der Waals surface area contributed by atoms with E-state index in [1.54, 1.807) is 0 Å². The highest BCUT2D eigenvalue weighted by Crippen LogP contribution is 2.43. The van der Waals surface area contributed by atoms with Crippen molar-refractivity contribution in [1.29, 1.82) is 0 Å². The number of benzene rings is 1. The van der Waals surface area contributed by atoms with E-state index >= 15 is 0 Å². The molecule has 2 aliphatic heterocycles. The van der Waals surface area contributed by atoms with Gasteiger partial charge in [-0.1, -0.05) is 25.1 Å². The lowest BCUT2D eigenvalue weighted by molar-refractivity contribution is -0.137. The van der Waals surface area contributed by atoms with Gasteiger partial charge in [-0.2, -0.15) is 0 Å². The number of esters is 1. The first kappa shape index (κ1) is 14.4. The molecule has 0 radical (unpaired) electrons. The summed E-state index contributed by atoms with van der Waals surface area (Å²) in [4.78, 5) is 14.3. The van der Waals surface area contributed by atoms with E-state index in [1.165, 1.54) is 29.3 Å². The highest BCUT2D eigenvalue weighted by molar-refractivity contribution is 5.89. The Morgan fingerprint density at radius 2 is 2.09 bits per heavy atom. The number of fused-ring (bicyclic) bond motifs is 5. The van der Waals surface area contributed by atoms with Crippen molar-refractivity contribution >= 4 is 16.9 Å². The summed E-state index contributed by atoms with van der Waals surface area (Å²) < 4.78 is 7.28. The van der Waals surface area contributed by atoms with Crippen molar-refractivity contribution in [3.05, 3.63) is 47.3 Å². The van der Waals surface area contributed by atoms with Gasteiger partial charge in [0.2, 0.25) is 0 Å². The minimum Gasteiger partial charge on any atom is -0.466 e. The van der Waals surface area contributed by atoms with E-state index < -0.39 is 0 Å². The quantitative estimate of drug-likeness (QED) is 0.759. The molecule has 120 valence electrons. The predicted molar refractivity (Wildman–Crippen MR) is 90.0 cm³/mol. The van der Waals surface area contributed by atoms with Gasteiger partial charge in [0.1, 0.15) is 0 Å². The number of carbonyl (C=O) groups excluding carboxylic acids is 1. The largest absolute Gasteiger partial charge is 0.466 e. The lowest BCUT2D eigenvalue weighted by Gasteiger charge is -2.41. The molecule has 4 nitrogen and oxygen atoms in total. The molecule has 0 N–H and O–H groups in total. The first-order valence-electron chi connectivity index (χ1n) is 8.23. The Bertz CT molecular complexity index is 818. The van der Waals surface area contributed by atoms with E-state index in [-0.39, 0.29) is 11.9 Å². The Hall–Kier alpha value is -2.23. The molecule has 1 aromatic heterocycles. The first-order chi connectivity index (χ1) is 11.1. The van der Waals surface area contributed by atoms with Crippen LogP contribution in [0.25, 0.3) is 10.9 Å². The molecule has 4 rings (SSSR count). The van der Waals surface area contributed by atoms with Crippen molar-refractivity contribution in [2.45, 2.75) is 25.8 Å². The molecule has 0 aliphatic carbocycles. The summed E-state index contributed by atoms with van der Waals surface area (Å²) in [6.07, 6.45) is 4.01. The van der Waals surface area contributed by atoms with E-state index in [4.69, 9.17) is 4.74 Å².